The summed E-state index contributed by atoms with van der Waals surface area (Å²) < 4.78 is 5.90. The van der Waals surface area contributed by atoms with Crippen LogP contribution >= 0.6 is 0 Å². The predicted molar refractivity (Wildman–Crippen MR) is 88.9 cm³/mol. The van der Waals surface area contributed by atoms with E-state index in [4.69, 9.17) is 4.74 Å². The van der Waals surface area contributed by atoms with Crippen molar-refractivity contribution in [3.8, 4) is 11.5 Å². The number of benzene rings is 2. The molecule has 1 N–H and O–H groups in total. The zero-order chi connectivity index (χ0) is 15.8. The monoisotopic (exact) mass is 297 g/mol. The van der Waals surface area contributed by atoms with E-state index >= 15 is 0 Å². The van der Waals surface area contributed by atoms with Crippen molar-refractivity contribution in [1.29, 1.82) is 0 Å². The minimum Gasteiger partial charge on any atom is -0.457 e. The molecule has 0 aliphatic heterocycles. The molecule has 0 unspecified atom stereocenters. The molecule has 2 aromatic rings. The first-order valence-electron chi connectivity index (χ1n) is 7.83. The zero-order valence-electron chi connectivity index (χ0n) is 13.2. The molecule has 0 atom stereocenters. The molecule has 0 saturated carbocycles. The molecule has 0 saturated heterocycles. The Morgan fingerprint density at radius 1 is 1.00 bits per heavy atom. The lowest BCUT2D eigenvalue weighted by molar-refractivity contribution is -0.125. The highest BCUT2D eigenvalue weighted by Gasteiger charge is 2.14. The molecule has 3 nitrogen and oxygen atoms in total. The summed E-state index contributed by atoms with van der Waals surface area (Å²) in [6, 6.07) is 17.4. The van der Waals surface area contributed by atoms with Gasteiger partial charge in [-0.25, -0.2) is 0 Å². The first kappa shape index (κ1) is 16.1. The van der Waals surface area contributed by atoms with Gasteiger partial charge >= 0.3 is 0 Å². The van der Waals surface area contributed by atoms with Crippen LogP contribution in [0.15, 0.2) is 54.6 Å². The minimum atomic E-state index is 0.0854. The van der Waals surface area contributed by atoms with E-state index in [0.717, 1.165) is 29.9 Å². The quantitative estimate of drug-likeness (QED) is 0.815. The number of ether oxygens (including phenoxy) is 1. The van der Waals surface area contributed by atoms with Gasteiger partial charge < -0.3 is 10.1 Å². The van der Waals surface area contributed by atoms with E-state index in [1.807, 2.05) is 68.4 Å². The molecule has 2 aromatic carbocycles. The number of nitrogens with one attached hydrogen (secondary N) is 1. The van der Waals surface area contributed by atoms with Gasteiger partial charge in [0.2, 0.25) is 5.91 Å². The Hall–Kier alpha value is -2.29. The summed E-state index contributed by atoms with van der Waals surface area (Å²) in [4.78, 5) is 12.1. The summed E-state index contributed by atoms with van der Waals surface area (Å²) in [7, 11) is 0. The van der Waals surface area contributed by atoms with Gasteiger partial charge in [-0.1, -0.05) is 50.2 Å². The van der Waals surface area contributed by atoms with Gasteiger partial charge in [-0.15, -0.1) is 0 Å². The van der Waals surface area contributed by atoms with Gasteiger partial charge in [0, 0.05) is 18.0 Å². The number of para-hydroxylation sites is 2. The lowest BCUT2D eigenvalue weighted by Gasteiger charge is -2.15. The van der Waals surface area contributed by atoms with E-state index in [2.05, 4.69) is 5.32 Å². The molecule has 116 valence electrons. The van der Waals surface area contributed by atoms with E-state index in [9.17, 15) is 4.79 Å². The minimum absolute atomic E-state index is 0.0854. The molecular weight excluding hydrogens is 274 g/mol. The fraction of sp³-hybridized carbons (Fsp3) is 0.316. The average Bonchev–Trinajstić information content (AvgIpc) is 2.56. The van der Waals surface area contributed by atoms with Crippen LogP contribution < -0.4 is 10.1 Å². The van der Waals surface area contributed by atoms with Crippen molar-refractivity contribution >= 4 is 5.91 Å². The van der Waals surface area contributed by atoms with Crippen LogP contribution in [0.25, 0.3) is 0 Å². The maximum absolute atomic E-state index is 12.1. The van der Waals surface area contributed by atoms with E-state index in [0.29, 0.717) is 6.54 Å². The summed E-state index contributed by atoms with van der Waals surface area (Å²) in [5.74, 6) is 1.77. The Bertz CT molecular complexity index is 591. The molecule has 22 heavy (non-hydrogen) atoms. The van der Waals surface area contributed by atoms with Crippen molar-refractivity contribution in [3.05, 3.63) is 60.2 Å². The summed E-state index contributed by atoms with van der Waals surface area (Å²) in [5, 5.41) is 3.01. The second-order valence-electron chi connectivity index (χ2n) is 5.25. The Morgan fingerprint density at radius 2 is 1.64 bits per heavy atom. The molecule has 0 aromatic heterocycles. The molecule has 0 aliphatic carbocycles. The lowest BCUT2D eigenvalue weighted by atomic mass is 10.0. The third-order valence-corrected chi connectivity index (χ3v) is 3.75. The fourth-order valence-electron chi connectivity index (χ4n) is 2.35. The Morgan fingerprint density at radius 3 is 2.32 bits per heavy atom. The van der Waals surface area contributed by atoms with Gasteiger partial charge in [0.15, 0.2) is 0 Å². The van der Waals surface area contributed by atoms with Crippen molar-refractivity contribution in [2.24, 2.45) is 5.92 Å². The molecule has 3 heteroatoms. The highest BCUT2D eigenvalue weighted by molar-refractivity contribution is 5.78. The van der Waals surface area contributed by atoms with E-state index in [-0.39, 0.29) is 11.8 Å². The summed E-state index contributed by atoms with van der Waals surface area (Å²) in [6.07, 6.45) is 1.73. The molecule has 0 fully saturated rings. The van der Waals surface area contributed by atoms with Gasteiger partial charge in [0.05, 0.1) is 0 Å². The highest BCUT2D eigenvalue weighted by atomic mass is 16.5. The summed E-state index contributed by atoms with van der Waals surface area (Å²) >= 11 is 0. The first-order chi connectivity index (χ1) is 10.7. The maximum atomic E-state index is 12.1. The number of hydrogen-bond acceptors (Lipinski definition) is 2. The van der Waals surface area contributed by atoms with Gasteiger partial charge in [0.25, 0.3) is 0 Å². The van der Waals surface area contributed by atoms with Crippen LogP contribution in [-0.2, 0) is 11.3 Å². The zero-order valence-corrected chi connectivity index (χ0v) is 13.2. The van der Waals surface area contributed by atoms with Crippen molar-refractivity contribution in [3.63, 3.8) is 0 Å². The van der Waals surface area contributed by atoms with E-state index in [1.165, 1.54) is 0 Å². The van der Waals surface area contributed by atoms with Crippen molar-refractivity contribution < 1.29 is 9.53 Å². The number of rotatable bonds is 7. The average molecular weight is 297 g/mol. The standard InChI is InChI=1S/C19H23NO2/c1-3-15(4-2)19(21)20-14-16-10-8-9-13-18(16)22-17-11-6-5-7-12-17/h5-13,15H,3-4,14H2,1-2H3,(H,20,21). The van der Waals surface area contributed by atoms with Crippen LogP contribution in [-0.4, -0.2) is 5.91 Å². The SMILES string of the molecule is CCC(CC)C(=O)NCc1ccccc1Oc1ccccc1. The maximum Gasteiger partial charge on any atom is 0.223 e. The number of amides is 1. The summed E-state index contributed by atoms with van der Waals surface area (Å²) in [6.45, 7) is 4.57. The van der Waals surface area contributed by atoms with Gasteiger partial charge in [-0.05, 0) is 31.0 Å². The van der Waals surface area contributed by atoms with Crippen LogP contribution in [0.2, 0.25) is 0 Å². The van der Waals surface area contributed by atoms with Crippen molar-refractivity contribution in [1.82, 2.24) is 5.32 Å². The second-order valence-corrected chi connectivity index (χ2v) is 5.25. The van der Waals surface area contributed by atoms with Crippen molar-refractivity contribution in [2.75, 3.05) is 0 Å². The number of carbonyl (C=O) groups is 1. The number of carbonyl (C=O) groups excluding carboxylic acids is 1. The first-order valence-corrected chi connectivity index (χ1v) is 7.83. The van der Waals surface area contributed by atoms with Crippen LogP contribution in [0, 0.1) is 5.92 Å². The Balaban J connectivity index is 2.04. The topological polar surface area (TPSA) is 38.3 Å². The lowest BCUT2D eigenvalue weighted by Crippen LogP contribution is -2.29. The molecule has 1 amide bonds. The molecule has 2 rings (SSSR count). The third-order valence-electron chi connectivity index (χ3n) is 3.75. The van der Waals surface area contributed by atoms with Crippen LogP contribution in [0.1, 0.15) is 32.3 Å². The molecule has 0 radical (unpaired) electrons. The normalized spacial score (nSPS) is 10.5. The van der Waals surface area contributed by atoms with Crippen LogP contribution in [0.4, 0.5) is 0 Å². The predicted octanol–water partition coefficient (Wildman–Crippen LogP) is 4.53. The molecule has 0 spiro atoms. The van der Waals surface area contributed by atoms with Gasteiger partial charge in [-0.2, -0.15) is 0 Å². The van der Waals surface area contributed by atoms with Gasteiger partial charge in [-0.3, -0.25) is 4.79 Å². The highest BCUT2D eigenvalue weighted by Crippen LogP contribution is 2.25. The van der Waals surface area contributed by atoms with Crippen LogP contribution in [0.5, 0.6) is 11.5 Å². The van der Waals surface area contributed by atoms with E-state index < -0.39 is 0 Å². The smallest absolute Gasteiger partial charge is 0.223 e. The van der Waals surface area contributed by atoms with E-state index in [1.54, 1.807) is 0 Å². The van der Waals surface area contributed by atoms with Crippen molar-refractivity contribution in [2.45, 2.75) is 33.2 Å². The largest absolute Gasteiger partial charge is 0.457 e. The Labute approximate surface area is 132 Å². The molecule has 0 aliphatic rings. The Kier molecular flexibility index (Phi) is 6.01. The van der Waals surface area contributed by atoms with Gasteiger partial charge in [0.1, 0.15) is 11.5 Å². The fourth-order valence-corrected chi connectivity index (χ4v) is 2.35. The summed E-state index contributed by atoms with van der Waals surface area (Å²) in [5.41, 5.74) is 0.977. The molecule has 0 heterocycles. The number of hydrogen-bond donors (Lipinski definition) is 1. The second kappa shape index (κ2) is 8.23. The van der Waals surface area contributed by atoms with Crippen LogP contribution in [0.3, 0.4) is 0 Å². The third kappa shape index (κ3) is 4.35. The molecular formula is C19H23NO2. The molecule has 0 bridgehead atoms.